The third kappa shape index (κ3) is 3.76. The number of hydrogen-bond donors (Lipinski definition) is 1. The molecule has 5 nitrogen and oxygen atoms in total. The van der Waals surface area contributed by atoms with Crippen molar-refractivity contribution >= 4 is 27.2 Å². The standard InChI is InChI=1S/C24H24N4OS/c1-17-7-5-6-10-20(17)28-13-11-27(12-14-28)16-22-25-23(29)19-15-21(30-24(19)26-22)18-8-3-2-4-9-18/h2-10,15H,11-14,16H2,1H3,(H,25,26,29). The summed E-state index contributed by atoms with van der Waals surface area (Å²) in [5, 5.41) is 0.673. The third-order valence-electron chi connectivity index (χ3n) is 5.71. The van der Waals surface area contributed by atoms with Crippen LogP contribution in [-0.2, 0) is 6.54 Å². The minimum absolute atomic E-state index is 0.0491. The molecule has 1 fully saturated rings. The minimum atomic E-state index is -0.0491. The molecule has 6 heteroatoms. The maximum atomic E-state index is 12.6. The molecule has 0 saturated carbocycles. The van der Waals surface area contributed by atoms with Gasteiger partial charge in [-0.15, -0.1) is 11.3 Å². The Morgan fingerprint density at radius 3 is 2.50 bits per heavy atom. The van der Waals surface area contributed by atoms with Crippen molar-refractivity contribution in [2.45, 2.75) is 13.5 Å². The van der Waals surface area contributed by atoms with Gasteiger partial charge in [0.25, 0.3) is 5.56 Å². The number of fused-ring (bicyclic) bond motifs is 1. The molecule has 0 radical (unpaired) electrons. The van der Waals surface area contributed by atoms with E-state index in [1.54, 1.807) is 11.3 Å². The lowest BCUT2D eigenvalue weighted by molar-refractivity contribution is 0.244. The number of thiophene rings is 1. The van der Waals surface area contributed by atoms with Gasteiger partial charge in [0.1, 0.15) is 10.7 Å². The molecule has 152 valence electrons. The minimum Gasteiger partial charge on any atom is -0.369 e. The lowest BCUT2D eigenvalue weighted by atomic mass is 10.1. The first kappa shape index (κ1) is 19.0. The summed E-state index contributed by atoms with van der Waals surface area (Å²) in [6.07, 6.45) is 0. The van der Waals surface area contributed by atoms with E-state index in [0.29, 0.717) is 11.9 Å². The molecular weight excluding hydrogens is 392 g/mol. The first-order chi connectivity index (χ1) is 14.7. The van der Waals surface area contributed by atoms with Crippen molar-refractivity contribution in [2.24, 2.45) is 0 Å². The van der Waals surface area contributed by atoms with Gasteiger partial charge in [0.15, 0.2) is 0 Å². The molecule has 1 saturated heterocycles. The van der Waals surface area contributed by atoms with Crippen LogP contribution in [0.2, 0.25) is 0 Å². The molecular formula is C24H24N4OS. The molecule has 0 unspecified atom stereocenters. The predicted octanol–water partition coefficient (Wildman–Crippen LogP) is 4.28. The Morgan fingerprint density at radius 2 is 1.73 bits per heavy atom. The Bertz CT molecular complexity index is 1220. The average Bonchev–Trinajstić information content (AvgIpc) is 3.20. The number of anilines is 1. The Hall–Kier alpha value is -2.96. The van der Waals surface area contributed by atoms with Crippen molar-refractivity contribution in [1.29, 1.82) is 0 Å². The van der Waals surface area contributed by atoms with Crippen molar-refractivity contribution in [1.82, 2.24) is 14.9 Å². The van der Waals surface area contributed by atoms with Crippen LogP contribution in [0.4, 0.5) is 5.69 Å². The topological polar surface area (TPSA) is 52.2 Å². The zero-order chi connectivity index (χ0) is 20.5. The second-order valence-corrected chi connectivity index (χ2v) is 8.79. The van der Waals surface area contributed by atoms with Gasteiger partial charge in [-0.1, -0.05) is 48.5 Å². The molecule has 30 heavy (non-hydrogen) atoms. The average molecular weight is 417 g/mol. The number of para-hydroxylation sites is 1. The van der Waals surface area contributed by atoms with Gasteiger partial charge in [-0.05, 0) is 30.2 Å². The maximum absolute atomic E-state index is 12.6. The van der Waals surface area contributed by atoms with E-state index in [-0.39, 0.29) is 5.56 Å². The number of benzene rings is 2. The molecule has 3 heterocycles. The van der Waals surface area contributed by atoms with E-state index < -0.39 is 0 Å². The molecule has 0 amide bonds. The maximum Gasteiger partial charge on any atom is 0.259 e. The molecule has 2 aromatic carbocycles. The van der Waals surface area contributed by atoms with Crippen molar-refractivity contribution in [3.8, 4) is 10.4 Å². The van der Waals surface area contributed by atoms with Crippen LogP contribution in [0, 0.1) is 6.92 Å². The molecule has 1 N–H and O–H groups in total. The monoisotopic (exact) mass is 416 g/mol. The predicted molar refractivity (Wildman–Crippen MR) is 124 cm³/mol. The Labute approximate surface area is 179 Å². The zero-order valence-corrected chi connectivity index (χ0v) is 17.8. The summed E-state index contributed by atoms with van der Waals surface area (Å²) >= 11 is 1.58. The molecule has 0 atom stereocenters. The second kappa shape index (κ2) is 8.05. The third-order valence-corrected chi connectivity index (χ3v) is 6.79. The van der Waals surface area contributed by atoms with E-state index >= 15 is 0 Å². The highest BCUT2D eigenvalue weighted by Crippen LogP contribution is 2.30. The van der Waals surface area contributed by atoms with Gasteiger partial charge in [0, 0.05) is 36.7 Å². The van der Waals surface area contributed by atoms with Crippen molar-refractivity contribution < 1.29 is 0 Å². The summed E-state index contributed by atoms with van der Waals surface area (Å²) in [5.41, 5.74) is 3.70. The van der Waals surface area contributed by atoms with Crippen LogP contribution in [0.25, 0.3) is 20.7 Å². The first-order valence-corrected chi connectivity index (χ1v) is 11.1. The fraction of sp³-hybridized carbons (Fsp3) is 0.250. The number of H-pyrrole nitrogens is 1. The molecule has 0 aliphatic carbocycles. The highest BCUT2D eigenvalue weighted by atomic mass is 32.1. The van der Waals surface area contributed by atoms with E-state index in [4.69, 9.17) is 4.98 Å². The summed E-state index contributed by atoms with van der Waals surface area (Å²) in [4.78, 5) is 27.1. The van der Waals surface area contributed by atoms with E-state index in [0.717, 1.165) is 47.3 Å². The number of nitrogens with one attached hydrogen (secondary N) is 1. The van der Waals surface area contributed by atoms with Gasteiger partial charge >= 0.3 is 0 Å². The van der Waals surface area contributed by atoms with Crippen molar-refractivity contribution in [3.05, 3.63) is 82.4 Å². The first-order valence-electron chi connectivity index (χ1n) is 10.3. The normalized spacial score (nSPS) is 15.0. The van der Waals surface area contributed by atoms with Crippen LogP contribution < -0.4 is 10.5 Å². The summed E-state index contributed by atoms with van der Waals surface area (Å²) in [7, 11) is 0. The Kier molecular flexibility index (Phi) is 5.11. The number of aromatic nitrogens is 2. The molecule has 5 rings (SSSR count). The van der Waals surface area contributed by atoms with Crippen LogP contribution >= 0.6 is 11.3 Å². The fourth-order valence-corrected chi connectivity index (χ4v) is 5.13. The van der Waals surface area contributed by atoms with Crippen LogP contribution in [0.15, 0.2) is 65.5 Å². The number of nitrogens with zero attached hydrogens (tertiary/aromatic N) is 3. The fourth-order valence-electron chi connectivity index (χ4n) is 4.07. The Balaban J connectivity index is 1.31. The van der Waals surface area contributed by atoms with Crippen molar-refractivity contribution in [3.63, 3.8) is 0 Å². The van der Waals surface area contributed by atoms with Gasteiger partial charge in [0.2, 0.25) is 0 Å². The summed E-state index contributed by atoms with van der Waals surface area (Å²) < 4.78 is 0. The highest BCUT2D eigenvalue weighted by molar-refractivity contribution is 7.21. The molecule has 4 aromatic rings. The largest absolute Gasteiger partial charge is 0.369 e. The summed E-state index contributed by atoms with van der Waals surface area (Å²) in [5.74, 6) is 0.748. The Morgan fingerprint density at radius 1 is 1.00 bits per heavy atom. The van der Waals surface area contributed by atoms with Crippen molar-refractivity contribution in [2.75, 3.05) is 31.1 Å². The highest BCUT2D eigenvalue weighted by Gasteiger charge is 2.19. The molecule has 1 aliphatic heterocycles. The van der Waals surface area contributed by atoms with E-state index in [9.17, 15) is 4.79 Å². The number of rotatable bonds is 4. The number of piperazine rings is 1. The SMILES string of the molecule is Cc1ccccc1N1CCN(Cc2nc3sc(-c4ccccc4)cc3c(=O)[nH]2)CC1. The molecule has 2 aromatic heterocycles. The van der Waals surface area contributed by atoms with Gasteiger partial charge in [-0.25, -0.2) is 4.98 Å². The van der Waals surface area contributed by atoms with Gasteiger partial charge in [-0.2, -0.15) is 0 Å². The lowest BCUT2D eigenvalue weighted by Crippen LogP contribution is -2.46. The van der Waals surface area contributed by atoms with Gasteiger partial charge < -0.3 is 9.88 Å². The van der Waals surface area contributed by atoms with Gasteiger partial charge in [0.05, 0.1) is 11.9 Å². The van der Waals surface area contributed by atoms with Crippen LogP contribution in [0.3, 0.4) is 0 Å². The molecule has 0 spiro atoms. The molecule has 0 bridgehead atoms. The smallest absolute Gasteiger partial charge is 0.259 e. The van der Waals surface area contributed by atoms with Crippen LogP contribution in [0.5, 0.6) is 0 Å². The van der Waals surface area contributed by atoms with E-state index in [2.05, 4.69) is 58.1 Å². The quantitative estimate of drug-likeness (QED) is 0.539. The van der Waals surface area contributed by atoms with Gasteiger partial charge in [-0.3, -0.25) is 9.69 Å². The lowest BCUT2D eigenvalue weighted by Gasteiger charge is -2.36. The number of hydrogen-bond acceptors (Lipinski definition) is 5. The summed E-state index contributed by atoms with van der Waals surface area (Å²) in [6, 6.07) is 20.6. The second-order valence-electron chi connectivity index (χ2n) is 7.76. The number of aromatic amines is 1. The molecule has 1 aliphatic rings. The van der Waals surface area contributed by atoms with Crippen LogP contribution in [-0.4, -0.2) is 41.0 Å². The number of aryl methyl sites for hydroxylation is 1. The van der Waals surface area contributed by atoms with Crippen LogP contribution in [0.1, 0.15) is 11.4 Å². The van der Waals surface area contributed by atoms with E-state index in [1.807, 2.05) is 24.3 Å². The van der Waals surface area contributed by atoms with E-state index in [1.165, 1.54) is 11.3 Å². The summed E-state index contributed by atoms with van der Waals surface area (Å²) in [6.45, 7) is 6.70. The zero-order valence-electron chi connectivity index (χ0n) is 17.0.